The summed E-state index contributed by atoms with van der Waals surface area (Å²) in [5.74, 6) is -0.0157. The summed E-state index contributed by atoms with van der Waals surface area (Å²) in [7, 11) is 0. The summed E-state index contributed by atoms with van der Waals surface area (Å²) >= 11 is 8.21. The van der Waals surface area contributed by atoms with Gasteiger partial charge in [-0.2, -0.15) is 0 Å². The SMILES string of the molecule is CCC1(CNC(=O)c2ccc(I)c(Cl)c2)CCCC1. The van der Waals surface area contributed by atoms with E-state index in [1.54, 1.807) is 6.07 Å². The average molecular weight is 392 g/mol. The molecule has 2 nitrogen and oxygen atoms in total. The van der Waals surface area contributed by atoms with Crippen LogP contribution < -0.4 is 5.32 Å². The lowest BCUT2D eigenvalue weighted by Crippen LogP contribution is -2.35. The Hall–Kier alpha value is -0.290. The van der Waals surface area contributed by atoms with E-state index in [2.05, 4.69) is 34.8 Å². The third-order valence-electron chi connectivity index (χ3n) is 4.22. The molecule has 1 saturated carbocycles. The summed E-state index contributed by atoms with van der Waals surface area (Å²) < 4.78 is 0.969. The van der Waals surface area contributed by atoms with Crippen molar-refractivity contribution in [2.45, 2.75) is 39.0 Å². The van der Waals surface area contributed by atoms with E-state index in [4.69, 9.17) is 11.6 Å². The lowest BCUT2D eigenvalue weighted by molar-refractivity contribution is 0.0929. The van der Waals surface area contributed by atoms with Crippen LogP contribution in [0.1, 0.15) is 49.4 Å². The van der Waals surface area contributed by atoms with Gasteiger partial charge in [0.2, 0.25) is 0 Å². The number of amides is 1. The van der Waals surface area contributed by atoms with Crippen molar-refractivity contribution in [3.05, 3.63) is 32.4 Å². The number of carbonyl (C=O) groups is 1. The molecular formula is C15H19ClINO. The molecule has 19 heavy (non-hydrogen) atoms. The van der Waals surface area contributed by atoms with Crippen molar-refractivity contribution in [1.82, 2.24) is 5.32 Å². The highest BCUT2D eigenvalue weighted by Crippen LogP contribution is 2.40. The molecule has 0 bridgehead atoms. The number of nitrogens with one attached hydrogen (secondary N) is 1. The van der Waals surface area contributed by atoms with E-state index in [1.807, 2.05) is 12.1 Å². The van der Waals surface area contributed by atoms with E-state index >= 15 is 0 Å². The molecule has 1 aromatic rings. The minimum Gasteiger partial charge on any atom is -0.351 e. The van der Waals surface area contributed by atoms with Crippen LogP contribution in [-0.4, -0.2) is 12.5 Å². The lowest BCUT2D eigenvalue weighted by atomic mass is 9.83. The van der Waals surface area contributed by atoms with Gasteiger partial charge >= 0.3 is 0 Å². The zero-order valence-corrected chi connectivity index (χ0v) is 14.1. The first-order valence-corrected chi connectivity index (χ1v) is 8.25. The van der Waals surface area contributed by atoms with E-state index in [0.29, 0.717) is 16.0 Å². The van der Waals surface area contributed by atoms with Crippen LogP contribution in [0.5, 0.6) is 0 Å². The normalized spacial score (nSPS) is 17.4. The van der Waals surface area contributed by atoms with E-state index in [0.717, 1.165) is 16.5 Å². The highest BCUT2D eigenvalue weighted by molar-refractivity contribution is 14.1. The Morgan fingerprint density at radius 2 is 2.11 bits per heavy atom. The molecule has 1 N–H and O–H groups in total. The number of carbonyl (C=O) groups excluding carboxylic acids is 1. The molecule has 1 aliphatic carbocycles. The first-order chi connectivity index (χ1) is 9.06. The van der Waals surface area contributed by atoms with Crippen LogP contribution in [0, 0.1) is 8.99 Å². The number of rotatable bonds is 4. The van der Waals surface area contributed by atoms with Crippen LogP contribution in [0.4, 0.5) is 0 Å². The van der Waals surface area contributed by atoms with Gasteiger partial charge in [-0.15, -0.1) is 0 Å². The van der Waals surface area contributed by atoms with E-state index in [1.165, 1.54) is 25.7 Å². The number of hydrogen-bond donors (Lipinski definition) is 1. The summed E-state index contributed by atoms with van der Waals surface area (Å²) in [6.45, 7) is 3.01. The molecule has 0 heterocycles. The lowest BCUT2D eigenvalue weighted by Gasteiger charge is -2.27. The van der Waals surface area contributed by atoms with Gasteiger partial charge in [-0.05, 0) is 65.5 Å². The Balaban J connectivity index is 1.99. The van der Waals surface area contributed by atoms with Crippen molar-refractivity contribution in [2.24, 2.45) is 5.41 Å². The van der Waals surface area contributed by atoms with Crippen LogP contribution in [0.25, 0.3) is 0 Å². The first-order valence-electron chi connectivity index (χ1n) is 6.79. The largest absolute Gasteiger partial charge is 0.351 e. The maximum absolute atomic E-state index is 12.2. The smallest absolute Gasteiger partial charge is 0.251 e. The van der Waals surface area contributed by atoms with Gasteiger partial charge in [-0.1, -0.05) is 31.4 Å². The Bertz CT molecular complexity index is 469. The summed E-state index contributed by atoms with van der Waals surface area (Å²) in [4.78, 5) is 12.2. The minimum absolute atomic E-state index is 0.0157. The second-order valence-corrected chi connectivity index (χ2v) is 6.94. The summed E-state index contributed by atoms with van der Waals surface area (Å²) in [6, 6.07) is 5.45. The van der Waals surface area contributed by atoms with Crippen molar-refractivity contribution in [1.29, 1.82) is 0 Å². The molecule has 1 aromatic carbocycles. The fraction of sp³-hybridized carbons (Fsp3) is 0.533. The molecule has 0 aliphatic heterocycles. The first kappa shape index (κ1) is 15.1. The van der Waals surface area contributed by atoms with Gasteiger partial charge in [-0.25, -0.2) is 0 Å². The summed E-state index contributed by atoms with van der Waals surface area (Å²) in [5, 5.41) is 3.72. The molecule has 1 aliphatic rings. The van der Waals surface area contributed by atoms with Crippen LogP contribution in [0.3, 0.4) is 0 Å². The fourth-order valence-electron chi connectivity index (χ4n) is 2.79. The van der Waals surface area contributed by atoms with Gasteiger partial charge in [0.05, 0.1) is 5.02 Å². The van der Waals surface area contributed by atoms with Crippen molar-refractivity contribution in [3.8, 4) is 0 Å². The van der Waals surface area contributed by atoms with Crippen molar-refractivity contribution >= 4 is 40.1 Å². The molecule has 1 amide bonds. The van der Waals surface area contributed by atoms with Crippen LogP contribution in [-0.2, 0) is 0 Å². The molecule has 0 unspecified atom stereocenters. The Kier molecular flexibility index (Phi) is 5.12. The summed E-state index contributed by atoms with van der Waals surface area (Å²) in [5.41, 5.74) is 0.970. The Morgan fingerprint density at radius 1 is 1.42 bits per heavy atom. The van der Waals surface area contributed by atoms with E-state index in [9.17, 15) is 4.79 Å². The van der Waals surface area contributed by atoms with Crippen molar-refractivity contribution in [3.63, 3.8) is 0 Å². The van der Waals surface area contributed by atoms with E-state index < -0.39 is 0 Å². The summed E-state index contributed by atoms with van der Waals surface area (Å²) in [6.07, 6.45) is 6.19. The van der Waals surface area contributed by atoms with Gasteiger partial charge < -0.3 is 5.32 Å². The number of halogens is 2. The van der Waals surface area contributed by atoms with Gasteiger partial charge in [0.25, 0.3) is 5.91 Å². The maximum atomic E-state index is 12.2. The Labute approximate surface area is 133 Å². The standard InChI is InChI=1S/C15H19ClINO/c1-2-15(7-3-4-8-15)10-18-14(19)11-5-6-13(17)12(16)9-11/h5-6,9H,2-4,7-8,10H2,1H3,(H,18,19). The molecular weight excluding hydrogens is 373 g/mol. The second-order valence-electron chi connectivity index (χ2n) is 5.37. The van der Waals surface area contributed by atoms with Crippen LogP contribution in [0.15, 0.2) is 18.2 Å². The maximum Gasteiger partial charge on any atom is 0.251 e. The third kappa shape index (κ3) is 3.63. The highest BCUT2D eigenvalue weighted by Gasteiger charge is 2.32. The zero-order chi connectivity index (χ0) is 13.9. The topological polar surface area (TPSA) is 29.1 Å². The minimum atomic E-state index is -0.0157. The quantitative estimate of drug-likeness (QED) is 0.744. The monoisotopic (exact) mass is 391 g/mol. The van der Waals surface area contributed by atoms with E-state index in [-0.39, 0.29) is 5.91 Å². The predicted molar refractivity (Wildman–Crippen MR) is 87.7 cm³/mol. The number of hydrogen-bond acceptors (Lipinski definition) is 1. The molecule has 2 rings (SSSR count). The molecule has 0 aromatic heterocycles. The van der Waals surface area contributed by atoms with Crippen molar-refractivity contribution in [2.75, 3.05) is 6.54 Å². The van der Waals surface area contributed by atoms with Gasteiger partial charge in [-0.3, -0.25) is 4.79 Å². The average Bonchev–Trinajstić information content (AvgIpc) is 2.89. The fourth-order valence-corrected chi connectivity index (χ4v) is 3.30. The predicted octanol–water partition coefficient (Wildman–Crippen LogP) is 4.64. The van der Waals surface area contributed by atoms with Crippen LogP contribution in [0.2, 0.25) is 5.02 Å². The van der Waals surface area contributed by atoms with Gasteiger partial charge in [0.15, 0.2) is 0 Å². The van der Waals surface area contributed by atoms with Crippen LogP contribution >= 0.6 is 34.2 Å². The number of benzene rings is 1. The molecule has 0 atom stereocenters. The van der Waals surface area contributed by atoms with Crippen molar-refractivity contribution < 1.29 is 4.79 Å². The molecule has 0 saturated heterocycles. The Morgan fingerprint density at radius 3 is 2.68 bits per heavy atom. The van der Waals surface area contributed by atoms with Gasteiger partial charge in [0, 0.05) is 15.7 Å². The van der Waals surface area contributed by atoms with Gasteiger partial charge in [0.1, 0.15) is 0 Å². The highest BCUT2D eigenvalue weighted by atomic mass is 127. The molecule has 0 radical (unpaired) electrons. The molecule has 4 heteroatoms. The molecule has 1 fully saturated rings. The zero-order valence-electron chi connectivity index (χ0n) is 11.1. The third-order valence-corrected chi connectivity index (χ3v) is 5.79. The second kappa shape index (κ2) is 6.44. The molecule has 0 spiro atoms. The molecule has 104 valence electrons.